The van der Waals surface area contributed by atoms with Gasteiger partial charge in [-0.1, -0.05) is 18.9 Å². The number of H-pyrrole nitrogens is 1. The quantitative estimate of drug-likeness (QED) is 0.0159. The number of amidine groups is 1. The number of nitrogens with zero attached hydrogens (tertiary/aromatic N) is 5. The van der Waals surface area contributed by atoms with Crippen LogP contribution in [-0.4, -0.2) is 170 Å². The van der Waals surface area contributed by atoms with Gasteiger partial charge < -0.3 is 69.4 Å². The zero-order valence-electron chi connectivity index (χ0n) is 40.7. The first-order valence-electron chi connectivity index (χ1n) is 24.2. The number of aromatic amines is 1. The van der Waals surface area contributed by atoms with Crippen LogP contribution in [0.3, 0.4) is 0 Å². The van der Waals surface area contributed by atoms with Crippen LogP contribution in [-0.2, 0) is 46.4 Å². The summed E-state index contributed by atoms with van der Waals surface area (Å²) in [4.78, 5) is 111. The first kappa shape index (κ1) is 60.4. The van der Waals surface area contributed by atoms with E-state index in [0.29, 0.717) is 82.1 Å². The smallest absolute Gasteiger partial charge is 0.243 e. The molecule has 70 heavy (non-hydrogen) atoms. The lowest BCUT2D eigenvalue weighted by Crippen LogP contribution is -2.56. The minimum absolute atomic E-state index is 0.000301. The molecular weight excluding hydrogens is 923 g/mol. The van der Waals surface area contributed by atoms with E-state index in [9.17, 15) is 38.7 Å². The number of unbranched alkanes of at least 4 members (excludes halogenated alkanes) is 5. The third-order valence-electron chi connectivity index (χ3n) is 11.6. The van der Waals surface area contributed by atoms with Crippen LogP contribution in [0.15, 0.2) is 37.1 Å². The minimum atomic E-state index is -1.21. The molecule has 0 aliphatic carbocycles. The van der Waals surface area contributed by atoms with Gasteiger partial charge in [-0.25, -0.2) is 4.98 Å². The van der Waals surface area contributed by atoms with Gasteiger partial charge in [0.25, 0.3) is 0 Å². The molecule has 5 unspecified atom stereocenters. The normalized spacial score (nSPS) is 13.2. The minimum Gasteiger partial charge on any atom is -0.391 e. The highest BCUT2D eigenvalue weighted by atomic mass is 32.1. The summed E-state index contributed by atoms with van der Waals surface area (Å²) in [6.07, 6.45) is 10.6. The van der Waals surface area contributed by atoms with Crippen LogP contribution in [0, 0.1) is 5.41 Å². The fourth-order valence-electron chi connectivity index (χ4n) is 7.70. The summed E-state index contributed by atoms with van der Waals surface area (Å²) in [5, 5.41) is 25.7. The van der Waals surface area contributed by atoms with Crippen molar-refractivity contribution in [2.45, 2.75) is 134 Å². The number of imidazole rings is 1. The monoisotopic (exact) mass is 1000 g/mol. The van der Waals surface area contributed by atoms with Crippen molar-refractivity contribution in [1.29, 1.82) is 5.41 Å². The fraction of sp³-hybridized carbons (Fsp3) is 0.652. The van der Waals surface area contributed by atoms with Gasteiger partial charge >= 0.3 is 0 Å². The van der Waals surface area contributed by atoms with Crippen LogP contribution >= 0.6 is 12.6 Å². The Morgan fingerprint density at radius 1 is 0.700 bits per heavy atom. The SMILES string of the molecule is CC(O)C(N)C(=O)NCCN(C(=O)CCS)C(Cc1cccnc1)C(=O)NCCN(C(=O)CCCCCN)C(Cc1cnc[nH]1)C(=O)NCCN(C(=O)CCCCCC(=N)N)C(CCCCN)C(N)=O. The molecule has 5 atom stereocenters. The van der Waals surface area contributed by atoms with Gasteiger partial charge in [-0.2, -0.15) is 12.6 Å². The summed E-state index contributed by atoms with van der Waals surface area (Å²) in [7, 11) is 0. The van der Waals surface area contributed by atoms with Crippen molar-refractivity contribution in [2.75, 3.05) is 58.1 Å². The van der Waals surface area contributed by atoms with E-state index >= 15 is 0 Å². The number of primary amides is 1. The molecule has 23 nitrogen and oxygen atoms in total. The molecule has 0 bridgehead atoms. The molecule has 7 amide bonds. The molecule has 16 N–H and O–H groups in total. The number of aliphatic hydroxyl groups excluding tert-OH is 1. The van der Waals surface area contributed by atoms with Gasteiger partial charge in [0.15, 0.2) is 0 Å². The van der Waals surface area contributed by atoms with Crippen LogP contribution in [0.25, 0.3) is 0 Å². The van der Waals surface area contributed by atoms with Gasteiger partial charge in [-0.15, -0.1) is 0 Å². The van der Waals surface area contributed by atoms with Crippen LogP contribution in [0.1, 0.15) is 102 Å². The van der Waals surface area contributed by atoms with Gasteiger partial charge in [0.05, 0.1) is 18.3 Å². The zero-order valence-corrected chi connectivity index (χ0v) is 41.6. The lowest BCUT2D eigenvalue weighted by Gasteiger charge is -2.34. The van der Waals surface area contributed by atoms with E-state index in [-0.39, 0.29) is 101 Å². The van der Waals surface area contributed by atoms with E-state index in [1.807, 2.05) is 0 Å². The maximum absolute atomic E-state index is 14.4. The zero-order chi connectivity index (χ0) is 51.8. The average Bonchev–Trinajstić information content (AvgIpc) is 3.85. The molecule has 2 aromatic rings. The fourth-order valence-corrected chi connectivity index (χ4v) is 7.89. The number of aliphatic hydroxyl groups is 1. The second-order valence-corrected chi connectivity index (χ2v) is 17.6. The van der Waals surface area contributed by atoms with E-state index in [2.05, 4.69) is 43.5 Å². The third kappa shape index (κ3) is 22.8. The van der Waals surface area contributed by atoms with Gasteiger partial charge in [0.1, 0.15) is 24.2 Å². The molecule has 0 spiro atoms. The molecule has 0 aliphatic rings. The van der Waals surface area contributed by atoms with Crippen molar-refractivity contribution in [3.05, 3.63) is 48.3 Å². The number of thiol groups is 1. The third-order valence-corrected chi connectivity index (χ3v) is 11.8. The summed E-state index contributed by atoms with van der Waals surface area (Å²) in [5.41, 5.74) is 29.7. The second kappa shape index (κ2) is 34.6. The molecule has 0 fully saturated rings. The molecular formula is C46H79N15O8S. The number of nitrogens with two attached hydrogens (primary N) is 5. The van der Waals surface area contributed by atoms with E-state index in [0.717, 1.165) is 0 Å². The molecule has 392 valence electrons. The molecule has 2 rings (SSSR count). The predicted molar refractivity (Wildman–Crippen MR) is 269 cm³/mol. The number of hydrogen-bond acceptors (Lipinski definition) is 15. The van der Waals surface area contributed by atoms with Crippen molar-refractivity contribution in [1.82, 2.24) is 45.6 Å². The Labute approximate surface area is 416 Å². The van der Waals surface area contributed by atoms with Crippen LogP contribution < -0.4 is 44.6 Å². The molecule has 0 radical (unpaired) electrons. The molecule has 0 saturated carbocycles. The van der Waals surface area contributed by atoms with E-state index in [1.54, 1.807) is 24.5 Å². The van der Waals surface area contributed by atoms with Crippen LogP contribution in [0.5, 0.6) is 0 Å². The Balaban J connectivity index is 2.45. The Hall–Kier alpha value is -5.69. The van der Waals surface area contributed by atoms with Gasteiger partial charge in [-0.3, -0.25) is 44.0 Å². The van der Waals surface area contributed by atoms with Crippen molar-refractivity contribution >= 4 is 59.8 Å². The first-order valence-corrected chi connectivity index (χ1v) is 24.8. The average molecular weight is 1000 g/mol. The Morgan fingerprint density at radius 3 is 1.70 bits per heavy atom. The lowest BCUT2D eigenvalue weighted by atomic mass is 10.0. The highest BCUT2D eigenvalue weighted by molar-refractivity contribution is 7.80. The predicted octanol–water partition coefficient (Wildman–Crippen LogP) is -1.42. The number of rotatable bonds is 38. The highest BCUT2D eigenvalue weighted by Crippen LogP contribution is 2.16. The summed E-state index contributed by atoms with van der Waals surface area (Å²) < 4.78 is 0. The number of amides is 7. The standard InChI is InChI=1S/C46H79N15O8S/c1-32(62)42(51)46(69)57-22-25-60(41(65)16-26-70)36(27-33-11-10-19-53-29-33)44(67)55-21-24-61(40(64)15-6-3-8-17-47)37(28-34-30-54-31-58-34)45(68)56-20-23-59(35(43(52)66)12-7-9-18-48)39(63)14-5-2-4-13-38(49)50/h10-11,19,29-32,35-37,42,62,70H,2-9,12-18,20-28,47-48,51H2,1H3,(H3,49,50)(H2,52,66)(H,54,58)(H,55,67)(H,56,68)(H,57,69). The van der Waals surface area contributed by atoms with Crippen molar-refractivity contribution in [2.24, 2.45) is 28.7 Å². The van der Waals surface area contributed by atoms with Gasteiger partial charge in [0, 0.05) is 102 Å². The second-order valence-electron chi connectivity index (χ2n) is 17.1. The molecule has 24 heteroatoms. The lowest BCUT2D eigenvalue weighted by molar-refractivity contribution is -0.142. The number of aromatic nitrogens is 3. The molecule has 0 saturated heterocycles. The number of carbonyl (C=O) groups excluding carboxylic acids is 7. The number of carbonyl (C=O) groups is 7. The van der Waals surface area contributed by atoms with Gasteiger partial charge in [0.2, 0.25) is 41.4 Å². The van der Waals surface area contributed by atoms with E-state index in [1.165, 1.54) is 34.1 Å². The number of nitrogens with one attached hydrogen (secondary N) is 5. The summed E-state index contributed by atoms with van der Waals surface area (Å²) in [5.74, 6) is -3.36. The van der Waals surface area contributed by atoms with Crippen LogP contribution in [0.2, 0.25) is 0 Å². The first-order chi connectivity index (χ1) is 33.6. The Morgan fingerprint density at radius 2 is 1.21 bits per heavy atom. The van der Waals surface area contributed by atoms with E-state index < -0.39 is 59.8 Å². The summed E-state index contributed by atoms with van der Waals surface area (Å²) >= 11 is 4.24. The van der Waals surface area contributed by atoms with Crippen LogP contribution in [0.4, 0.5) is 0 Å². The van der Waals surface area contributed by atoms with Crippen molar-refractivity contribution in [3.63, 3.8) is 0 Å². The maximum Gasteiger partial charge on any atom is 0.243 e. The maximum atomic E-state index is 14.4. The number of pyridine rings is 1. The molecule has 2 heterocycles. The Bertz CT molecular complexity index is 1900. The largest absolute Gasteiger partial charge is 0.391 e. The van der Waals surface area contributed by atoms with Crippen molar-refractivity contribution in [3.8, 4) is 0 Å². The molecule has 0 aliphatic heterocycles. The number of hydrogen-bond donors (Lipinski definition) is 12. The topological polar surface area (TPSA) is 381 Å². The Kier molecular flexibility index (Phi) is 29.9. The van der Waals surface area contributed by atoms with Crippen molar-refractivity contribution < 1.29 is 38.7 Å². The summed E-state index contributed by atoms with van der Waals surface area (Å²) in [6, 6.07) is -0.976. The molecule has 0 aromatic carbocycles. The summed E-state index contributed by atoms with van der Waals surface area (Å²) in [6.45, 7) is 1.58. The highest BCUT2D eigenvalue weighted by Gasteiger charge is 2.34. The van der Waals surface area contributed by atoms with Gasteiger partial charge in [-0.05, 0) is 82.3 Å². The van der Waals surface area contributed by atoms with E-state index in [4.69, 9.17) is 34.1 Å². The molecule has 2 aromatic heterocycles.